The van der Waals surface area contributed by atoms with Gasteiger partial charge in [0.05, 0.1) is 22.1 Å². The molecule has 2 fully saturated rings. The van der Waals surface area contributed by atoms with E-state index in [2.05, 4.69) is 11.7 Å². The smallest absolute Gasteiger partial charge is 0.200 e. The van der Waals surface area contributed by atoms with Gasteiger partial charge in [-0.15, -0.1) is 34.8 Å². The molecule has 1 aromatic rings. The first kappa shape index (κ1) is 27.4. The van der Waals surface area contributed by atoms with Crippen LogP contribution in [0.25, 0.3) is 0 Å². The molecule has 1 aliphatic heterocycles. The highest BCUT2D eigenvalue weighted by atomic mass is 35.5. The van der Waals surface area contributed by atoms with Gasteiger partial charge in [0.2, 0.25) is 0 Å². The minimum absolute atomic E-state index is 0.00200. The largest absolute Gasteiger partial charge is 0.507 e. The van der Waals surface area contributed by atoms with Crippen LogP contribution >= 0.6 is 34.8 Å². The molecule has 1 saturated heterocycles. The maximum Gasteiger partial charge on any atom is 0.200 e. The molecular weight excluding hydrogens is 527 g/mol. The third kappa shape index (κ3) is 3.42. The van der Waals surface area contributed by atoms with E-state index in [0.29, 0.717) is 6.42 Å². The van der Waals surface area contributed by atoms with Crippen LogP contribution in [0.2, 0.25) is 0 Å². The predicted octanol–water partition coefficient (Wildman–Crippen LogP) is 5.14. The molecule has 36 heavy (non-hydrogen) atoms. The molecule has 1 heterocycles. The molecule has 0 radical (unpaired) electrons. The Kier molecular flexibility index (Phi) is 6.40. The lowest BCUT2D eigenvalue weighted by molar-refractivity contribution is -0.210. The SMILES string of the molecule is C=C1CCC(Cl)C(C)(C)C1CC12OC(C)(C)C(Cl)CC1(Cl)C(=O)c1c(O)c(C)c(O)c(N=[NH2+])c1C2=O. The predicted molar refractivity (Wildman–Crippen MR) is 138 cm³/mol. The van der Waals surface area contributed by atoms with Gasteiger partial charge in [0.25, 0.3) is 0 Å². The van der Waals surface area contributed by atoms with Crippen molar-refractivity contribution in [2.45, 2.75) is 87.1 Å². The monoisotopic (exact) mass is 557 g/mol. The van der Waals surface area contributed by atoms with E-state index in [0.717, 1.165) is 12.0 Å². The number of phenols is 2. The molecule has 1 aromatic carbocycles. The van der Waals surface area contributed by atoms with Gasteiger partial charge in [0.1, 0.15) is 10.6 Å². The Labute approximate surface area is 225 Å². The Balaban J connectivity index is 2.06. The zero-order valence-corrected chi connectivity index (χ0v) is 23.3. The second kappa shape index (κ2) is 8.42. The average molecular weight is 559 g/mol. The average Bonchev–Trinajstić information content (AvgIpc) is 2.79. The van der Waals surface area contributed by atoms with Crippen LogP contribution < -0.4 is 5.53 Å². The van der Waals surface area contributed by atoms with Gasteiger partial charge in [-0.3, -0.25) is 9.59 Å². The zero-order valence-electron chi connectivity index (χ0n) is 21.0. The van der Waals surface area contributed by atoms with Crippen LogP contribution in [0.4, 0.5) is 5.69 Å². The third-order valence-corrected chi connectivity index (χ3v) is 10.8. The number of fused-ring (bicyclic) bond motifs is 2. The number of nitrogens with two attached hydrogens (primary N) is 1. The Morgan fingerprint density at radius 3 is 2.28 bits per heavy atom. The molecule has 196 valence electrons. The van der Waals surface area contributed by atoms with Crippen molar-refractivity contribution in [1.82, 2.24) is 0 Å². The Bertz CT molecular complexity index is 1210. The first-order valence-corrected chi connectivity index (χ1v) is 13.2. The summed E-state index contributed by atoms with van der Waals surface area (Å²) < 4.78 is 6.55. The molecule has 0 spiro atoms. The summed E-state index contributed by atoms with van der Waals surface area (Å²) in [5.41, 5.74) is 1.99. The van der Waals surface area contributed by atoms with Crippen molar-refractivity contribution >= 4 is 52.1 Å². The van der Waals surface area contributed by atoms with Crippen molar-refractivity contribution in [3.63, 3.8) is 0 Å². The highest BCUT2D eigenvalue weighted by Gasteiger charge is 2.72. The van der Waals surface area contributed by atoms with Crippen molar-refractivity contribution in [1.29, 1.82) is 0 Å². The summed E-state index contributed by atoms with van der Waals surface area (Å²) >= 11 is 20.6. The molecule has 1 saturated carbocycles. The number of halogens is 3. The van der Waals surface area contributed by atoms with Gasteiger partial charge in [0.15, 0.2) is 28.6 Å². The minimum Gasteiger partial charge on any atom is -0.507 e. The highest BCUT2D eigenvalue weighted by Crippen LogP contribution is 2.61. The number of nitrogens with zero attached hydrogens (tertiary/aromatic N) is 1. The Hall–Kier alpha value is -1.67. The molecule has 0 aromatic heterocycles. The second-order valence-electron chi connectivity index (χ2n) is 11.5. The molecule has 0 amide bonds. The molecule has 4 rings (SSSR count). The van der Waals surface area contributed by atoms with Crippen molar-refractivity contribution < 1.29 is 30.1 Å². The summed E-state index contributed by atoms with van der Waals surface area (Å²) in [5, 5.41) is 24.3. The van der Waals surface area contributed by atoms with Crippen molar-refractivity contribution in [2.75, 3.05) is 0 Å². The van der Waals surface area contributed by atoms with Crippen LogP contribution in [0.1, 0.15) is 79.7 Å². The fourth-order valence-electron chi connectivity index (χ4n) is 6.15. The van der Waals surface area contributed by atoms with Gasteiger partial charge in [-0.05, 0) is 62.9 Å². The highest BCUT2D eigenvalue weighted by molar-refractivity contribution is 6.46. The van der Waals surface area contributed by atoms with E-state index < -0.39 is 49.9 Å². The number of hydrogen-bond donors (Lipinski definition) is 3. The molecule has 3 aliphatic rings. The van der Waals surface area contributed by atoms with Gasteiger partial charge in [-0.2, -0.15) is 5.53 Å². The number of ketones is 2. The fourth-order valence-corrected chi connectivity index (χ4v) is 7.21. The summed E-state index contributed by atoms with van der Waals surface area (Å²) in [4.78, 5) is 26.8. The number of allylic oxidation sites excluding steroid dienone is 1. The van der Waals surface area contributed by atoms with Crippen LogP contribution in [-0.2, 0) is 4.74 Å². The molecule has 5 atom stereocenters. The molecular formula is C26H32Cl3N2O5+. The third-order valence-electron chi connectivity index (χ3n) is 8.67. The first-order valence-electron chi connectivity index (χ1n) is 11.9. The molecule has 7 nitrogen and oxygen atoms in total. The van der Waals surface area contributed by atoms with Gasteiger partial charge in [-0.25, -0.2) is 0 Å². The molecule has 4 N–H and O–H groups in total. The van der Waals surface area contributed by atoms with Crippen LogP contribution in [0, 0.1) is 18.3 Å². The number of Topliss-reactive ketones (excluding diaryl/α,β-unsaturated/α-hetero) is 2. The van der Waals surface area contributed by atoms with E-state index in [1.165, 1.54) is 6.92 Å². The zero-order chi connectivity index (χ0) is 27.2. The maximum atomic E-state index is 14.6. The lowest BCUT2D eigenvalue weighted by Crippen LogP contribution is -2.73. The lowest BCUT2D eigenvalue weighted by atomic mass is 9.56. The number of ether oxygens (including phenoxy) is 1. The Morgan fingerprint density at radius 2 is 1.69 bits per heavy atom. The summed E-state index contributed by atoms with van der Waals surface area (Å²) in [6, 6.07) is 0. The normalized spacial score (nSPS) is 35.2. The number of phenolic OH excluding ortho intramolecular Hbond substituents is 2. The number of hydrogen-bond acceptors (Lipinski definition) is 6. The summed E-state index contributed by atoms with van der Waals surface area (Å²) in [6.07, 6.45) is 1.29. The summed E-state index contributed by atoms with van der Waals surface area (Å²) in [5.74, 6) is -2.81. The first-order chi connectivity index (χ1) is 16.5. The molecule has 5 unspecified atom stereocenters. The van der Waals surface area contributed by atoms with E-state index in [-0.39, 0.29) is 46.5 Å². The van der Waals surface area contributed by atoms with Gasteiger partial charge in [0, 0.05) is 10.9 Å². The topological polar surface area (TPSA) is 122 Å². The fraction of sp³-hybridized carbons (Fsp3) is 0.615. The van der Waals surface area contributed by atoms with E-state index in [1.54, 1.807) is 13.8 Å². The lowest BCUT2D eigenvalue weighted by Gasteiger charge is -2.59. The minimum atomic E-state index is -1.94. The van der Waals surface area contributed by atoms with E-state index in [4.69, 9.17) is 45.1 Å². The summed E-state index contributed by atoms with van der Waals surface area (Å²) in [6.45, 7) is 13.1. The van der Waals surface area contributed by atoms with Crippen LogP contribution in [0.5, 0.6) is 11.5 Å². The van der Waals surface area contributed by atoms with E-state index >= 15 is 0 Å². The molecule has 2 aliphatic carbocycles. The van der Waals surface area contributed by atoms with Crippen LogP contribution in [0.15, 0.2) is 17.3 Å². The maximum absolute atomic E-state index is 14.6. The van der Waals surface area contributed by atoms with Gasteiger partial charge < -0.3 is 14.9 Å². The van der Waals surface area contributed by atoms with Gasteiger partial charge >= 0.3 is 0 Å². The van der Waals surface area contributed by atoms with Crippen LogP contribution in [0.3, 0.4) is 0 Å². The molecule has 0 bridgehead atoms. The van der Waals surface area contributed by atoms with Crippen LogP contribution in [-0.4, -0.2) is 48.6 Å². The number of aromatic hydroxyl groups is 2. The number of carbonyl (C=O) groups excluding carboxylic acids is 2. The number of benzene rings is 1. The number of rotatable bonds is 3. The standard InChI is InChI=1S/C26H31Cl3N2O5/c1-11-7-8-14(27)23(3,4)13(11)9-26-22(35)16-17(19(32)12(2)20(33)18(16)31-30)21(34)25(26,29)10-15(28)24(5,6)36-26/h13-15,30,32-33H,1,7-10H2,2-6H3/p+1. The molecule has 10 heteroatoms. The second-order valence-corrected chi connectivity index (χ2v) is 13.2. The van der Waals surface area contributed by atoms with Crippen molar-refractivity contribution in [2.24, 2.45) is 16.4 Å². The number of alkyl halides is 3. The summed E-state index contributed by atoms with van der Waals surface area (Å²) in [7, 11) is 0. The number of carbonyl (C=O) groups is 2. The van der Waals surface area contributed by atoms with Crippen molar-refractivity contribution in [3.05, 3.63) is 28.8 Å². The van der Waals surface area contributed by atoms with E-state index in [9.17, 15) is 19.8 Å². The quantitative estimate of drug-likeness (QED) is 0.269. The van der Waals surface area contributed by atoms with Crippen molar-refractivity contribution in [3.8, 4) is 11.5 Å². The Morgan fingerprint density at radius 1 is 1.08 bits per heavy atom. The van der Waals surface area contributed by atoms with E-state index in [1.807, 2.05) is 13.8 Å². The van der Waals surface area contributed by atoms with Gasteiger partial charge in [-0.1, -0.05) is 26.0 Å².